The van der Waals surface area contributed by atoms with Crippen molar-refractivity contribution in [2.45, 2.75) is 31.3 Å². The Morgan fingerprint density at radius 1 is 1.22 bits per heavy atom. The maximum Gasteiger partial charge on any atom is 0.273 e. The van der Waals surface area contributed by atoms with Gasteiger partial charge in [0.25, 0.3) is 5.91 Å². The number of hydrogen-bond acceptors (Lipinski definition) is 5. The van der Waals surface area contributed by atoms with Gasteiger partial charge < -0.3 is 10.2 Å². The molecule has 23 heavy (non-hydrogen) atoms. The summed E-state index contributed by atoms with van der Waals surface area (Å²) in [5.74, 6) is -0.141. The number of likely N-dealkylation sites (tertiary alicyclic amines) is 1. The van der Waals surface area contributed by atoms with E-state index >= 15 is 0 Å². The van der Waals surface area contributed by atoms with Crippen molar-refractivity contribution in [2.75, 3.05) is 6.54 Å². The van der Waals surface area contributed by atoms with Gasteiger partial charge in [-0.2, -0.15) is 0 Å². The highest BCUT2D eigenvalue weighted by Crippen LogP contribution is 2.28. The van der Waals surface area contributed by atoms with Crippen LogP contribution in [0.3, 0.4) is 0 Å². The molecule has 2 aromatic rings. The summed E-state index contributed by atoms with van der Waals surface area (Å²) in [6, 6.07) is 8.40. The number of aromatic nitrogens is 2. The minimum absolute atomic E-state index is 0.115. The standard InChI is InChI=1S/C16H16N4O2S/c21-15-7-12(17-16(22)14-9-23-19-18-14)8-20(15)13-5-10-3-1-2-4-11(10)6-13/h1-4,9,12-13H,5-8H2,(H,17,22)/t12-/m1/s1. The first-order chi connectivity index (χ1) is 11.2. The third-order valence-corrected chi connectivity index (χ3v) is 5.06. The largest absolute Gasteiger partial charge is 0.346 e. The van der Waals surface area contributed by atoms with Crippen molar-refractivity contribution < 1.29 is 9.59 Å². The first-order valence-electron chi connectivity index (χ1n) is 7.65. The highest BCUT2D eigenvalue weighted by molar-refractivity contribution is 7.03. The van der Waals surface area contributed by atoms with E-state index in [1.54, 1.807) is 5.38 Å². The van der Waals surface area contributed by atoms with Gasteiger partial charge in [0.15, 0.2) is 5.69 Å². The van der Waals surface area contributed by atoms with Crippen LogP contribution >= 0.6 is 11.5 Å². The summed E-state index contributed by atoms with van der Waals surface area (Å²) in [6.07, 6.45) is 2.16. The first kappa shape index (κ1) is 14.3. The van der Waals surface area contributed by atoms with Crippen LogP contribution < -0.4 is 5.32 Å². The molecule has 1 saturated heterocycles. The first-order valence-corrected chi connectivity index (χ1v) is 8.48. The van der Waals surface area contributed by atoms with Gasteiger partial charge in [0.2, 0.25) is 5.91 Å². The van der Waals surface area contributed by atoms with Crippen molar-refractivity contribution in [2.24, 2.45) is 0 Å². The molecule has 0 unspecified atom stereocenters. The SMILES string of the molecule is O=C(N[C@@H]1CC(=O)N(C2Cc3ccccc3C2)C1)c1csnn1. The normalized spacial score (nSPS) is 20.8. The Morgan fingerprint density at radius 3 is 2.61 bits per heavy atom. The van der Waals surface area contributed by atoms with Gasteiger partial charge in [0.1, 0.15) is 0 Å². The number of nitrogens with zero attached hydrogens (tertiary/aromatic N) is 3. The molecule has 0 bridgehead atoms. The predicted molar refractivity (Wildman–Crippen MR) is 85.1 cm³/mol. The molecule has 1 aliphatic heterocycles. The number of amides is 2. The van der Waals surface area contributed by atoms with Crippen LogP contribution in [0.4, 0.5) is 0 Å². The monoisotopic (exact) mass is 328 g/mol. The van der Waals surface area contributed by atoms with Gasteiger partial charge in [0.05, 0.1) is 6.04 Å². The van der Waals surface area contributed by atoms with Crippen LogP contribution in [0.1, 0.15) is 28.0 Å². The van der Waals surface area contributed by atoms with Crippen molar-refractivity contribution in [1.82, 2.24) is 19.8 Å². The van der Waals surface area contributed by atoms with E-state index in [2.05, 4.69) is 27.0 Å². The van der Waals surface area contributed by atoms with Crippen LogP contribution in [0.5, 0.6) is 0 Å². The van der Waals surface area contributed by atoms with E-state index in [0.717, 1.165) is 24.4 Å². The van der Waals surface area contributed by atoms with E-state index in [9.17, 15) is 9.59 Å². The zero-order valence-corrected chi connectivity index (χ0v) is 13.3. The van der Waals surface area contributed by atoms with Crippen LogP contribution in [0.2, 0.25) is 0 Å². The lowest BCUT2D eigenvalue weighted by Gasteiger charge is -2.24. The van der Waals surface area contributed by atoms with Crippen LogP contribution in [0, 0.1) is 0 Å². The van der Waals surface area contributed by atoms with Crippen molar-refractivity contribution in [3.05, 3.63) is 46.5 Å². The Labute approximate surface area is 137 Å². The molecule has 2 heterocycles. The molecule has 6 nitrogen and oxygen atoms in total. The van der Waals surface area contributed by atoms with Gasteiger partial charge in [-0.3, -0.25) is 9.59 Å². The minimum Gasteiger partial charge on any atom is -0.346 e. The summed E-state index contributed by atoms with van der Waals surface area (Å²) >= 11 is 1.14. The number of carbonyl (C=O) groups excluding carboxylic acids is 2. The lowest BCUT2D eigenvalue weighted by molar-refractivity contribution is -0.129. The molecule has 118 valence electrons. The summed E-state index contributed by atoms with van der Waals surface area (Å²) in [4.78, 5) is 26.3. The zero-order valence-electron chi connectivity index (χ0n) is 12.4. The van der Waals surface area contributed by atoms with Gasteiger partial charge >= 0.3 is 0 Å². The molecule has 1 N–H and O–H groups in total. The Morgan fingerprint density at radius 2 is 1.96 bits per heavy atom. The lowest BCUT2D eigenvalue weighted by Crippen LogP contribution is -2.41. The molecule has 1 aromatic carbocycles. The molecule has 2 aliphatic rings. The van der Waals surface area contributed by atoms with Crippen LogP contribution in [0.25, 0.3) is 0 Å². The van der Waals surface area contributed by atoms with Crippen molar-refractivity contribution >= 4 is 23.3 Å². The fourth-order valence-corrected chi connectivity index (χ4v) is 3.90. The molecule has 1 aromatic heterocycles. The second-order valence-corrected chi connectivity index (χ2v) is 6.65. The highest BCUT2D eigenvalue weighted by Gasteiger charge is 2.37. The maximum atomic E-state index is 12.3. The Balaban J connectivity index is 1.41. The molecule has 0 radical (unpaired) electrons. The number of benzene rings is 1. The maximum absolute atomic E-state index is 12.3. The van der Waals surface area contributed by atoms with Gasteiger partial charge in [-0.05, 0) is 35.5 Å². The number of rotatable bonds is 3. The zero-order chi connectivity index (χ0) is 15.8. The van der Waals surface area contributed by atoms with Gasteiger partial charge in [-0.25, -0.2) is 0 Å². The van der Waals surface area contributed by atoms with Gasteiger partial charge in [-0.15, -0.1) is 5.10 Å². The summed E-state index contributed by atoms with van der Waals surface area (Å²) in [5.41, 5.74) is 2.96. The molecule has 1 aliphatic carbocycles. The summed E-state index contributed by atoms with van der Waals surface area (Å²) in [5, 5.41) is 8.26. The Hall–Kier alpha value is -2.28. The molecule has 4 rings (SSSR count). The highest BCUT2D eigenvalue weighted by atomic mass is 32.1. The van der Waals surface area contributed by atoms with Crippen molar-refractivity contribution in [1.29, 1.82) is 0 Å². The number of fused-ring (bicyclic) bond motifs is 1. The second-order valence-electron chi connectivity index (χ2n) is 6.04. The second kappa shape index (κ2) is 5.73. The van der Waals surface area contributed by atoms with E-state index in [4.69, 9.17) is 0 Å². The fraction of sp³-hybridized carbons (Fsp3) is 0.375. The van der Waals surface area contributed by atoms with E-state index in [-0.39, 0.29) is 23.9 Å². The number of nitrogens with one attached hydrogen (secondary N) is 1. The molecule has 1 fully saturated rings. The lowest BCUT2D eigenvalue weighted by atomic mass is 10.1. The quantitative estimate of drug-likeness (QED) is 0.913. The fourth-order valence-electron chi connectivity index (χ4n) is 3.46. The van der Waals surface area contributed by atoms with Crippen molar-refractivity contribution in [3.8, 4) is 0 Å². The predicted octanol–water partition coefficient (Wildman–Crippen LogP) is 1.04. The van der Waals surface area contributed by atoms with Gasteiger partial charge in [0, 0.05) is 24.4 Å². The smallest absolute Gasteiger partial charge is 0.273 e. The summed E-state index contributed by atoms with van der Waals surface area (Å²) < 4.78 is 3.69. The Bertz CT molecular complexity index is 721. The molecule has 0 spiro atoms. The van der Waals surface area contributed by atoms with Crippen LogP contribution in [0.15, 0.2) is 29.6 Å². The topological polar surface area (TPSA) is 75.2 Å². The molecular formula is C16H16N4O2S. The van der Waals surface area contributed by atoms with Gasteiger partial charge in [-0.1, -0.05) is 28.8 Å². The van der Waals surface area contributed by atoms with E-state index in [0.29, 0.717) is 18.7 Å². The van der Waals surface area contributed by atoms with E-state index in [1.165, 1.54) is 11.1 Å². The third kappa shape index (κ3) is 2.72. The van der Waals surface area contributed by atoms with Crippen LogP contribution in [-0.4, -0.2) is 44.9 Å². The average molecular weight is 328 g/mol. The minimum atomic E-state index is -0.256. The Kier molecular flexibility index (Phi) is 3.57. The molecule has 7 heteroatoms. The van der Waals surface area contributed by atoms with Crippen LogP contribution in [-0.2, 0) is 17.6 Å². The summed E-state index contributed by atoms with van der Waals surface area (Å²) in [6.45, 7) is 0.570. The average Bonchev–Trinajstić information content (AvgIpc) is 3.25. The molecule has 0 saturated carbocycles. The van der Waals surface area contributed by atoms with E-state index < -0.39 is 0 Å². The number of carbonyl (C=O) groups is 2. The molecular weight excluding hydrogens is 312 g/mol. The molecule has 1 atom stereocenters. The van der Waals surface area contributed by atoms with E-state index in [1.807, 2.05) is 17.0 Å². The number of hydrogen-bond donors (Lipinski definition) is 1. The van der Waals surface area contributed by atoms with Crippen molar-refractivity contribution in [3.63, 3.8) is 0 Å². The third-order valence-electron chi connectivity index (χ3n) is 4.56. The summed E-state index contributed by atoms with van der Waals surface area (Å²) in [7, 11) is 0. The molecule has 2 amide bonds.